The summed E-state index contributed by atoms with van der Waals surface area (Å²) in [6.07, 6.45) is 3.82. The summed E-state index contributed by atoms with van der Waals surface area (Å²) in [6.45, 7) is 6.37. The summed E-state index contributed by atoms with van der Waals surface area (Å²) in [7, 11) is 0. The molecule has 0 amide bonds. The number of nitrogens with zero attached hydrogens (tertiary/aromatic N) is 1. The first-order chi connectivity index (χ1) is 7.69. The highest BCUT2D eigenvalue weighted by Gasteiger charge is 2.39. The van der Waals surface area contributed by atoms with Gasteiger partial charge in [0.1, 0.15) is 0 Å². The van der Waals surface area contributed by atoms with E-state index >= 15 is 0 Å². The third kappa shape index (κ3) is 2.47. The van der Waals surface area contributed by atoms with Crippen LogP contribution in [0.25, 0.3) is 0 Å². The molecule has 1 aliphatic rings. The van der Waals surface area contributed by atoms with E-state index in [9.17, 15) is 0 Å². The molecule has 2 nitrogen and oxygen atoms in total. The summed E-state index contributed by atoms with van der Waals surface area (Å²) >= 11 is 1.78. The Balaban J connectivity index is 2.10. The summed E-state index contributed by atoms with van der Waals surface area (Å²) in [4.78, 5) is 2.62. The van der Waals surface area contributed by atoms with Crippen molar-refractivity contribution in [1.82, 2.24) is 4.90 Å². The maximum Gasteiger partial charge on any atom is 0.0307 e. The molecule has 1 unspecified atom stereocenters. The predicted molar refractivity (Wildman–Crippen MR) is 70.6 cm³/mol. The fraction of sp³-hybridized carbons (Fsp3) is 0.692. The second kappa shape index (κ2) is 4.86. The average molecular weight is 238 g/mol. The van der Waals surface area contributed by atoms with Crippen LogP contribution >= 0.6 is 11.3 Å². The van der Waals surface area contributed by atoms with Crippen LogP contribution in [0.3, 0.4) is 0 Å². The van der Waals surface area contributed by atoms with E-state index in [0.29, 0.717) is 0 Å². The van der Waals surface area contributed by atoms with E-state index in [1.165, 1.54) is 18.4 Å². The van der Waals surface area contributed by atoms with Crippen LogP contribution in [0.15, 0.2) is 16.8 Å². The molecule has 2 rings (SSSR count). The highest BCUT2D eigenvalue weighted by atomic mass is 32.1. The second-order valence-electron chi connectivity index (χ2n) is 5.05. The minimum atomic E-state index is 0.170. The smallest absolute Gasteiger partial charge is 0.0307 e. The minimum Gasteiger partial charge on any atom is -0.329 e. The van der Waals surface area contributed by atoms with Gasteiger partial charge >= 0.3 is 0 Å². The van der Waals surface area contributed by atoms with E-state index < -0.39 is 0 Å². The molecule has 3 heteroatoms. The van der Waals surface area contributed by atoms with Crippen molar-refractivity contribution in [2.75, 3.05) is 6.54 Å². The normalized spacial score (nSPS) is 20.0. The van der Waals surface area contributed by atoms with Gasteiger partial charge in [-0.25, -0.2) is 0 Å². The van der Waals surface area contributed by atoms with E-state index in [4.69, 9.17) is 5.73 Å². The molecule has 0 radical (unpaired) electrons. The van der Waals surface area contributed by atoms with Crippen LogP contribution in [0.2, 0.25) is 0 Å². The van der Waals surface area contributed by atoms with Gasteiger partial charge in [0.15, 0.2) is 0 Å². The maximum atomic E-state index is 5.97. The minimum absolute atomic E-state index is 0.170. The Morgan fingerprint density at radius 3 is 2.75 bits per heavy atom. The zero-order valence-electron chi connectivity index (χ0n) is 10.3. The van der Waals surface area contributed by atoms with Gasteiger partial charge in [-0.1, -0.05) is 6.92 Å². The van der Waals surface area contributed by atoms with Crippen molar-refractivity contribution in [2.45, 2.75) is 51.2 Å². The molecule has 1 saturated carbocycles. The summed E-state index contributed by atoms with van der Waals surface area (Å²) < 4.78 is 0. The molecule has 0 spiro atoms. The van der Waals surface area contributed by atoms with Gasteiger partial charge in [-0.15, -0.1) is 0 Å². The molecule has 1 aliphatic carbocycles. The van der Waals surface area contributed by atoms with Gasteiger partial charge in [-0.3, -0.25) is 4.90 Å². The molecule has 1 fully saturated rings. The van der Waals surface area contributed by atoms with Crippen LogP contribution in [0.4, 0.5) is 0 Å². The molecule has 0 saturated heterocycles. The molecule has 16 heavy (non-hydrogen) atoms. The first-order valence-corrected chi connectivity index (χ1v) is 7.12. The Bertz CT molecular complexity index is 313. The maximum absolute atomic E-state index is 5.97. The molecule has 0 aliphatic heterocycles. The fourth-order valence-corrected chi connectivity index (χ4v) is 2.85. The highest BCUT2D eigenvalue weighted by Crippen LogP contribution is 2.35. The van der Waals surface area contributed by atoms with Gasteiger partial charge in [0.2, 0.25) is 0 Å². The van der Waals surface area contributed by atoms with Gasteiger partial charge in [0, 0.05) is 24.7 Å². The van der Waals surface area contributed by atoms with Crippen LogP contribution in [0.1, 0.15) is 38.7 Å². The Hall–Kier alpha value is -0.380. The summed E-state index contributed by atoms with van der Waals surface area (Å²) in [6, 6.07) is 3.00. The highest BCUT2D eigenvalue weighted by molar-refractivity contribution is 7.07. The molecule has 1 aromatic heterocycles. The monoisotopic (exact) mass is 238 g/mol. The van der Waals surface area contributed by atoms with Gasteiger partial charge < -0.3 is 5.73 Å². The molecule has 0 aromatic carbocycles. The predicted octanol–water partition coefficient (Wildman–Crippen LogP) is 2.84. The van der Waals surface area contributed by atoms with Crippen molar-refractivity contribution in [3.63, 3.8) is 0 Å². The largest absolute Gasteiger partial charge is 0.329 e. The Kier molecular flexibility index (Phi) is 3.67. The van der Waals surface area contributed by atoms with Crippen molar-refractivity contribution in [2.24, 2.45) is 5.73 Å². The number of hydrogen-bond donors (Lipinski definition) is 1. The SMILES string of the molecule is CCC(C)(CN)N(Cc1ccsc1)C1CC1. The Labute approximate surface area is 102 Å². The fourth-order valence-electron chi connectivity index (χ4n) is 2.19. The Morgan fingerprint density at radius 1 is 1.56 bits per heavy atom. The summed E-state index contributed by atoms with van der Waals surface area (Å²) in [5, 5.41) is 4.41. The lowest BCUT2D eigenvalue weighted by Gasteiger charge is -2.40. The van der Waals surface area contributed by atoms with Gasteiger partial charge in [-0.05, 0) is 48.6 Å². The van der Waals surface area contributed by atoms with Crippen LogP contribution in [0, 0.1) is 0 Å². The zero-order chi connectivity index (χ0) is 11.6. The summed E-state index contributed by atoms with van der Waals surface area (Å²) in [5.74, 6) is 0. The van der Waals surface area contributed by atoms with E-state index in [-0.39, 0.29) is 5.54 Å². The van der Waals surface area contributed by atoms with E-state index in [0.717, 1.165) is 25.6 Å². The van der Waals surface area contributed by atoms with Gasteiger partial charge in [0.25, 0.3) is 0 Å². The first-order valence-electron chi connectivity index (χ1n) is 6.17. The van der Waals surface area contributed by atoms with E-state index in [2.05, 4.69) is 35.6 Å². The molecule has 1 atom stereocenters. The van der Waals surface area contributed by atoms with Crippen molar-refractivity contribution in [3.8, 4) is 0 Å². The molecule has 90 valence electrons. The summed E-state index contributed by atoms with van der Waals surface area (Å²) in [5.41, 5.74) is 7.58. The van der Waals surface area contributed by atoms with E-state index in [1.807, 2.05) is 0 Å². The molecule has 0 bridgehead atoms. The topological polar surface area (TPSA) is 29.3 Å². The van der Waals surface area contributed by atoms with Gasteiger partial charge in [-0.2, -0.15) is 11.3 Å². The third-order valence-corrected chi connectivity index (χ3v) is 4.55. The van der Waals surface area contributed by atoms with Crippen molar-refractivity contribution < 1.29 is 0 Å². The van der Waals surface area contributed by atoms with Crippen LogP contribution < -0.4 is 5.73 Å². The lowest BCUT2D eigenvalue weighted by atomic mass is 9.95. The Morgan fingerprint density at radius 2 is 2.31 bits per heavy atom. The molecular weight excluding hydrogens is 216 g/mol. The second-order valence-corrected chi connectivity index (χ2v) is 5.83. The quantitative estimate of drug-likeness (QED) is 0.825. The standard InChI is InChI=1S/C13H22N2S/c1-3-13(2,10-14)15(12-4-5-12)8-11-6-7-16-9-11/h6-7,9,12H,3-5,8,10,14H2,1-2H3. The third-order valence-electron chi connectivity index (χ3n) is 3.82. The molecular formula is C13H22N2S. The lowest BCUT2D eigenvalue weighted by Crippen LogP contribution is -2.51. The van der Waals surface area contributed by atoms with Crippen molar-refractivity contribution in [1.29, 1.82) is 0 Å². The molecule has 1 heterocycles. The van der Waals surface area contributed by atoms with E-state index in [1.54, 1.807) is 11.3 Å². The van der Waals surface area contributed by atoms with Crippen molar-refractivity contribution >= 4 is 11.3 Å². The van der Waals surface area contributed by atoms with Crippen molar-refractivity contribution in [3.05, 3.63) is 22.4 Å². The van der Waals surface area contributed by atoms with Gasteiger partial charge in [0.05, 0.1) is 0 Å². The molecule has 1 aromatic rings. The van der Waals surface area contributed by atoms with Crippen LogP contribution in [0.5, 0.6) is 0 Å². The number of thiophene rings is 1. The number of rotatable bonds is 6. The number of nitrogens with two attached hydrogens (primary N) is 1. The zero-order valence-corrected chi connectivity index (χ0v) is 11.1. The lowest BCUT2D eigenvalue weighted by molar-refractivity contribution is 0.0882. The van der Waals surface area contributed by atoms with Crippen LogP contribution in [-0.4, -0.2) is 23.0 Å². The first kappa shape index (κ1) is 12.1. The average Bonchev–Trinajstić information content (AvgIpc) is 3.02. The number of hydrogen-bond acceptors (Lipinski definition) is 3. The van der Waals surface area contributed by atoms with Crippen LogP contribution in [-0.2, 0) is 6.54 Å². The molecule has 2 N–H and O–H groups in total.